The zero-order valence-electron chi connectivity index (χ0n) is 11.9. The molecule has 0 atom stereocenters. The number of rotatable bonds is 0. The lowest BCUT2D eigenvalue weighted by Gasteiger charge is -2.20. The van der Waals surface area contributed by atoms with E-state index in [0.29, 0.717) is 0 Å². The fourth-order valence-corrected chi connectivity index (χ4v) is 3.49. The summed E-state index contributed by atoms with van der Waals surface area (Å²) in [6.45, 7) is 3.19. The molecule has 0 spiro atoms. The SMILES string of the molecule is Cn1ccc2c1CCn1ccnc1C2=C1CCNCC1. The fraction of sp³-hybridized carbons (Fsp3) is 0.438. The molecule has 0 unspecified atom stereocenters. The van der Waals surface area contributed by atoms with Crippen molar-refractivity contribution in [1.29, 1.82) is 0 Å². The molecule has 4 heteroatoms. The molecular formula is C16H20N4. The Balaban J connectivity index is 1.96. The van der Waals surface area contributed by atoms with Crippen molar-refractivity contribution >= 4 is 5.57 Å². The average Bonchev–Trinajstić information content (AvgIpc) is 3.04. The van der Waals surface area contributed by atoms with Crippen LogP contribution in [0.25, 0.3) is 5.57 Å². The molecular weight excluding hydrogens is 248 g/mol. The molecule has 0 aromatic carbocycles. The Morgan fingerprint density at radius 3 is 2.85 bits per heavy atom. The van der Waals surface area contributed by atoms with Gasteiger partial charge in [0.05, 0.1) is 0 Å². The Bertz CT molecular complexity index is 666. The molecule has 2 aromatic heterocycles. The molecule has 4 nitrogen and oxygen atoms in total. The molecule has 0 amide bonds. The Hall–Kier alpha value is -1.81. The zero-order valence-corrected chi connectivity index (χ0v) is 11.9. The van der Waals surface area contributed by atoms with Gasteiger partial charge < -0.3 is 14.5 Å². The van der Waals surface area contributed by atoms with Crippen molar-refractivity contribution in [2.24, 2.45) is 7.05 Å². The third-order valence-corrected chi connectivity index (χ3v) is 4.56. The van der Waals surface area contributed by atoms with Gasteiger partial charge in [0, 0.05) is 55.4 Å². The number of hydrogen-bond donors (Lipinski definition) is 1. The maximum absolute atomic E-state index is 4.66. The Labute approximate surface area is 119 Å². The van der Waals surface area contributed by atoms with Crippen molar-refractivity contribution < 1.29 is 0 Å². The van der Waals surface area contributed by atoms with Crippen molar-refractivity contribution in [2.45, 2.75) is 25.8 Å². The largest absolute Gasteiger partial charge is 0.354 e. The van der Waals surface area contributed by atoms with Crippen LogP contribution in [-0.4, -0.2) is 27.2 Å². The highest BCUT2D eigenvalue weighted by molar-refractivity contribution is 5.81. The summed E-state index contributed by atoms with van der Waals surface area (Å²) in [6.07, 6.45) is 9.59. The van der Waals surface area contributed by atoms with Gasteiger partial charge in [0.2, 0.25) is 0 Å². The molecule has 0 saturated carbocycles. The van der Waals surface area contributed by atoms with Gasteiger partial charge in [-0.2, -0.15) is 0 Å². The van der Waals surface area contributed by atoms with Crippen LogP contribution in [0.3, 0.4) is 0 Å². The lowest BCUT2D eigenvalue weighted by atomic mass is 9.93. The minimum absolute atomic E-state index is 1.02. The molecule has 1 fully saturated rings. The number of aryl methyl sites for hydroxylation is 2. The number of hydrogen-bond acceptors (Lipinski definition) is 2. The summed E-state index contributed by atoms with van der Waals surface area (Å²) in [7, 11) is 2.15. The molecule has 20 heavy (non-hydrogen) atoms. The van der Waals surface area contributed by atoms with E-state index in [2.05, 4.69) is 44.9 Å². The van der Waals surface area contributed by atoms with Gasteiger partial charge in [-0.1, -0.05) is 5.57 Å². The standard InChI is InChI=1S/C16H20N4/c1-19-9-4-13-14(19)5-10-20-11-8-18-16(20)15(13)12-2-6-17-7-3-12/h4,8-9,11,17H,2-3,5-7,10H2,1H3. The third kappa shape index (κ3) is 1.75. The third-order valence-electron chi connectivity index (χ3n) is 4.56. The van der Waals surface area contributed by atoms with Crippen LogP contribution < -0.4 is 5.32 Å². The number of imidazole rings is 1. The second-order valence-corrected chi connectivity index (χ2v) is 5.71. The quantitative estimate of drug-likeness (QED) is 0.792. The van der Waals surface area contributed by atoms with Crippen LogP contribution >= 0.6 is 0 Å². The number of nitrogens with zero attached hydrogens (tertiary/aromatic N) is 3. The van der Waals surface area contributed by atoms with Crippen molar-refractivity contribution in [3.8, 4) is 0 Å². The van der Waals surface area contributed by atoms with E-state index in [1.54, 1.807) is 5.57 Å². The van der Waals surface area contributed by atoms with Crippen molar-refractivity contribution in [3.05, 3.63) is 47.3 Å². The van der Waals surface area contributed by atoms with E-state index in [9.17, 15) is 0 Å². The molecule has 4 rings (SSSR count). The van der Waals surface area contributed by atoms with Crippen LogP contribution in [0.2, 0.25) is 0 Å². The van der Waals surface area contributed by atoms with E-state index in [1.165, 1.54) is 16.8 Å². The van der Waals surface area contributed by atoms with Gasteiger partial charge in [-0.15, -0.1) is 0 Å². The molecule has 0 aliphatic carbocycles. The number of fused-ring (bicyclic) bond motifs is 2. The van der Waals surface area contributed by atoms with Gasteiger partial charge >= 0.3 is 0 Å². The number of nitrogens with one attached hydrogen (secondary N) is 1. The summed E-state index contributed by atoms with van der Waals surface area (Å²) < 4.78 is 4.58. The van der Waals surface area contributed by atoms with Crippen LogP contribution in [0.1, 0.15) is 29.9 Å². The van der Waals surface area contributed by atoms with Gasteiger partial charge in [-0.05, 0) is 32.0 Å². The summed E-state index contributed by atoms with van der Waals surface area (Å²) >= 11 is 0. The number of aromatic nitrogens is 3. The second kappa shape index (κ2) is 4.63. The van der Waals surface area contributed by atoms with E-state index in [-0.39, 0.29) is 0 Å². The minimum atomic E-state index is 1.02. The van der Waals surface area contributed by atoms with Crippen LogP contribution in [-0.2, 0) is 20.0 Å². The summed E-state index contributed by atoms with van der Waals surface area (Å²) in [4.78, 5) is 4.66. The molecule has 0 bridgehead atoms. The number of piperidine rings is 1. The topological polar surface area (TPSA) is 34.8 Å². The first-order chi connectivity index (χ1) is 9.84. The molecule has 1 N–H and O–H groups in total. The van der Waals surface area contributed by atoms with E-state index < -0.39 is 0 Å². The average molecular weight is 268 g/mol. The second-order valence-electron chi connectivity index (χ2n) is 5.71. The Morgan fingerprint density at radius 2 is 2.00 bits per heavy atom. The first-order valence-corrected chi connectivity index (χ1v) is 7.43. The minimum Gasteiger partial charge on any atom is -0.354 e. The smallest absolute Gasteiger partial charge is 0.140 e. The van der Waals surface area contributed by atoms with Gasteiger partial charge in [0.15, 0.2) is 0 Å². The van der Waals surface area contributed by atoms with E-state index in [0.717, 1.165) is 44.7 Å². The predicted molar refractivity (Wildman–Crippen MR) is 79.5 cm³/mol. The zero-order chi connectivity index (χ0) is 13.5. The van der Waals surface area contributed by atoms with E-state index >= 15 is 0 Å². The highest BCUT2D eigenvalue weighted by atomic mass is 15.1. The first kappa shape index (κ1) is 12.0. The summed E-state index contributed by atoms with van der Waals surface area (Å²) in [5, 5.41) is 3.45. The molecule has 2 aliphatic rings. The Kier molecular flexibility index (Phi) is 2.77. The van der Waals surface area contributed by atoms with Crippen molar-refractivity contribution in [3.63, 3.8) is 0 Å². The summed E-state index contributed by atoms with van der Waals surface area (Å²) in [6, 6.07) is 2.27. The maximum Gasteiger partial charge on any atom is 0.140 e. The monoisotopic (exact) mass is 268 g/mol. The first-order valence-electron chi connectivity index (χ1n) is 7.43. The van der Waals surface area contributed by atoms with Crippen molar-refractivity contribution in [1.82, 2.24) is 19.4 Å². The van der Waals surface area contributed by atoms with E-state index in [4.69, 9.17) is 0 Å². The van der Waals surface area contributed by atoms with E-state index in [1.807, 2.05) is 6.20 Å². The van der Waals surface area contributed by atoms with Crippen LogP contribution in [0.15, 0.2) is 30.2 Å². The van der Waals surface area contributed by atoms with Gasteiger partial charge in [-0.25, -0.2) is 4.98 Å². The van der Waals surface area contributed by atoms with Crippen LogP contribution in [0.4, 0.5) is 0 Å². The van der Waals surface area contributed by atoms with Crippen LogP contribution in [0, 0.1) is 0 Å². The summed E-state index contributed by atoms with van der Waals surface area (Å²) in [5.74, 6) is 1.16. The van der Waals surface area contributed by atoms with Crippen LogP contribution in [0.5, 0.6) is 0 Å². The Morgan fingerprint density at radius 1 is 1.15 bits per heavy atom. The molecule has 2 aliphatic heterocycles. The molecule has 0 radical (unpaired) electrons. The van der Waals surface area contributed by atoms with Gasteiger partial charge in [0.25, 0.3) is 0 Å². The highest BCUT2D eigenvalue weighted by Crippen LogP contribution is 2.35. The molecule has 2 aromatic rings. The highest BCUT2D eigenvalue weighted by Gasteiger charge is 2.24. The fourth-order valence-electron chi connectivity index (χ4n) is 3.49. The lowest BCUT2D eigenvalue weighted by Crippen LogP contribution is -2.24. The molecule has 4 heterocycles. The van der Waals surface area contributed by atoms with Gasteiger partial charge in [-0.3, -0.25) is 0 Å². The molecule has 1 saturated heterocycles. The normalized spacial score (nSPS) is 18.6. The van der Waals surface area contributed by atoms with Crippen molar-refractivity contribution in [2.75, 3.05) is 13.1 Å². The molecule has 104 valence electrons. The predicted octanol–water partition coefficient (Wildman–Crippen LogP) is 1.96. The maximum atomic E-state index is 4.66. The summed E-state index contributed by atoms with van der Waals surface area (Å²) in [5.41, 5.74) is 5.79. The van der Waals surface area contributed by atoms with Gasteiger partial charge in [0.1, 0.15) is 5.82 Å². The lowest BCUT2D eigenvalue weighted by molar-refractivity contribution is 0.610.